The van der Waals surface area contributed by atoms with Gasteiger partial charge in [-0.05, 0) is 55.7 Å². The molecule has 1 aliphatic rings. The SMILES string of the molecule is Cc1ccc(N)cc1C(=O)NC1CCC(C)C(C)C1. The van der Waals surface area contributed by atoms with Crippen LogP contribution < -0.4 is 11.1 Å². The summed E-state index contributed by atoms with van der Waals surface area (Å²) in [6, 6.07) is 5.80. The van der Waals surface area contributed by atoms with E-state index in [1.807, 2.05) is 19.1 Å². The van der Waals surface area contributed by atoms with Crippen LogP contribution in [-0.4, -0.2) is 11.9 Å². The van der Waals surface area contributed by atoms with Crippen LogP contribution in [0.25, 0.3) is 0 Å². The normalized spacial score (nSPS) is 27.0. The first-order chi connectivity index (χ1) is 8.97. The molecule has 0 heterocycles. The molecule has 0 saturated heterocycles. The molecule has 19 heavy (non-hydrogen) atoms. The zero-order valence-electron chi connectivity index (χ0n) is 12.1. The molecule has 0 aliphatic heterocycles. The monoisotopic (exact) mass is 260 g/mol. The van der Waals surface area contributed by atoms with E-state index >= 15 is 0 Å². The van der Waals surface area contributed by atoms with E-state index in [0.717, 1.165) is 24.3 Å². The fourth-order valence-electron chi connectivity index (χ4n) is 2.83. The van der Waals surface area contributed by atoms with Crippen molar-refractivity contribution < 1.29 is 4.79 Å². The molecule has 0 spiro atoms. The Labute approximate surface area is 115 Å². The standard InChI is InChI=1S/C16H24N2O/c1-10-5-7-14(8-12(10)3)18-16(19)15-9-13(17)6-4-11(15)2/h4,6,9-10,12,14H,5,7-8,17H2,1-3H3,(H,18,19). The highest BCUT2D eigenvalue weighted by molar-refractivity contribution is 5.96. The Morgan fingerprint density at radius 2 is 2.00 bits per heavy atom. The molecule has 1 saturated carbocycles. The molecule has 1 fully saturated rings. The van der Waals surface area contributed by atoms with Crippen LogP contribution in [0.1, 0.15) is 49.0 Å². The van der Waals surface area contributed by atoms with Gasteiger partial charge >= 0.3 is 0 Å². The molecule has 1 amide bonds. The third-order valence-electron chi connectivity index (χ3n) is 4.44. The highest BCUT2D eigenvalue weighted by atomic mass is 16.1. The van der Waals surface area contributed by atoms with Crippen LogP contribution in [0, 0.1) is 18.8 Å². The zero-order valence-corrected chi connectivity index (χ0v) is 12.1. The second-order valence-electron chi connectivity index (χ2n) is 6.01. The maximum atomic E-state index is 12.3. The van der Waals surface area contributed by atoms with E-state index in [9.17, 15) is 4.79 Å². The number of amides is 1. The van der Waals surface area contributed by atoms with Gasteiger partial charge in [0.15, 0.2) is 0 Å². The van der Waals surface area contributed by atoms with Crippen molar-refractivity contribution in [3.63, 3.8) is 0 Å². The predicted octanol–water partition coefficient (Wildman–Crippen LogP) is 3.13. The Morgan fingerprint density at radius 3 is 2.68 bits per heavy atom. The van der Waals surface area contributed by atoms with E-state index in [0.29, 0.717) is 23.2 Å². The van der Waals surface area contributed by atoms with Gasteiger partial charge in [-0.2, -0.15) is 0 Å². The van der Waals surface area contributed by atoms with Gasteiger partial charge in [-0.1, -0.05) is 19.9 Å². The lowest BCUT2D eigenvalue weighted by atomic mass is 9.79. The number of nitrogens with one attached hydrogen (secondary N) is 1. The summed E-state index contributed by atoms with van der Waals surface area (Å²) in [5.41, 5.74) is 8.07. The summed E-state index contributed by atoms with van der Waals surface area (Å²) in [6.45, 7) is 6.51. The maximum absolute atomic E-state index is 12.3. The minimum atomic E-state index is 0.0107. The molecule has 0 radical (unpaired) electrons. The Hall–Kier alpha value is -1.51. The number of benzene rings is 1. The summed E-state index contributed by atoms with van der Waals surface area (Å²) in [4.78, 5) is 12.3. The molecule has 104 valence electrons. The predicted molar refractivity (Wildman–Crippen MR) is 79.0 cm³/mol. The van der Waals surface area contributed by atoms with Gasteiger partial charge in [0, 0.05) is 17.3 Å². The largest absolute Gasteiger partial charge is 0.399 e. The lowest BCUT2D eigenvalue weighted by Crippen LogP contribution is -2.40. The molecule has 3 N–H and O–H groups in total. The van der Waals surface area contributed by atoms with Crippen molar-refractivity contribution in [2.24, 2.45) is 11.8 Å². The van der Waals surface area contributed by atoms with Crippen LogP contribution in [0.4, 0.5) is 5.69 Å². The number of nitrogens with two attached hydrogens (primary N) is 1. The molecule has 3 heteroatoms. The molecule has 3 nitrogen and oxygen atoms in total. The highest BCUT2D eigenvalue weighted by Gasteiger charge is 2.26. The third kappa shape index (κ3) is 3.28. The number of carbonyl (C=O) groups is 1. The van der Waals surface area contributed by atoms with Crippen LogP contribution in [0.15, 0.2) is 18.2 Å². The van der Waals surface area contributed by atoms with Crippen molar-refractivity contribution in [1.29, 1.82) is 0 Å². The summed E-state index contributed by atoms with van der Waals surface area (Å²) in [5, 5.41) is 3.16. The molecular weight excluding hydrogens is 236 g/mol. The van der Waals surface area contributed by atoms with Gasteiger partial charge in [-0.3, -0.25) is 4.79 Å². The van der Waals surface area contributed by atoms with Crippen LogP contribution in [0.5, 0.6) is 0 Å². The van der Waals surface area contributed by atoms with Crippen LogP contribution in [0.3, 0.4) is 0 Å². The molecule has 1 aliphatic carbocycles. The van der Waals surface area contributed by atoms with Crippen LogP contribution in [0.2, 0.25) is 0 Å². The maximum Gasteiger partial charge on any atom is 0.251 e. The second kappa shape index (κ2) is 5.64. The first kappa shape index (κ1) is 13.9. The van der Waals surface area contributed by atoms with Gasteiger partial charge in [0.05, 0.1) is 0 Å². The lowest BCUT2D eigenvalue weighted by molar-refractivity contribution is 0.0910. The van der Waals surface area contributed by atoms with Crippen molar-refractivity contribution in [3.05, 3.63) is 29.3 Å². The Kier molecular flexibility index (Phi) is 4.13. The Morgan fingerprint density at radius 1 is 1.26 bits per heavy atom. The molecule has 1 aromatic rings. The number of aryl methyl sites for hydroxylation is 1. The van der Waals surface area contributed by atoms with Gasteiger partial charge in [-0.15, -0.1) is 0 Å². The summed E-state index contributed by atoms with van der Waals surface area (Å²) in [6.07, 6.45) is 3.36. The summed E-state index contributed by atoms with van der Waals surface area (Å²) in [5.74, 6) is 1.46. The van der Waals surface area contributed by atoms with Gasteiger partial charge in [0.25, 0.3) is 5.91 Å². The van der Waals surface area contributed by atoms with Crippen molar-refractivity contribution >= 4 is 11.6 Å². The average molecular weight is 260 g/mol. The minimum absolute atomic E-state index is 0.0107. The lowest BCUT2D eigenvalue weighted by Gasteiger charge is -2.32. The fraction of sp³-hybridized carbons (Fsp3) is 0.562. The third-order valence-corrected chi connectivity index (χ3v) is 4.44. The summed E-state index contributed by atoms with van der Waals surface area (Å²) in [7, 11) is 0. The number of carbonyl (C=O) groups excluding carboxylic acids is 1. The quantitative estimate of drug-likeness (QED) is 0.803. The number of anilines is 1. The molecule has 2 rings (SSSR count). The van der Waals surface area contributed by atoms with Crippen molar-refractivity contribution in [3.8, 4) is 0 Å². The Balaban J connectivity index is 2.03. The Bertz CT molecular complexity index is 470. The van der Waals surface area contributed by atoms with Gasteiger partial charge in [0.1, 0.15) is 0 Å². The van der Waals surface area contributed by atoms with Crippen molar-refractivity contribution in [2.45, 2.75) is 46.1 Å². The average Bonchev–Trinajstić information content (AvgIpc) is 2.36. The van der Waals surface area contributed by atoms with E-state index in [-0.39, 0.29) is 5.91 Å². The molecule has 3 atom stereocenters. The first-order valence-corrected chi connectivity index (χ1v) is 7.14. The minimum Gasteiger partial charge on any atom is -0.399 e. The second-order valence-corrected chi connectivity index (χ2v) is 6.01. The zero-order chi connectivity index (χ0) is 14.0. The van der Waals surface area contributed by atoms with Crippen LogP contribution >= 0.6 is 0 Å². The van der Waals surface area contributed by atoms with Gasteiger partial charge in [-0.25, -0.2) is 0 Å². The molecular formula is C16H24N2O. The first-order valence-electron chi connectivity index (χ1n) is 7.14. The van der Waals surface area contributed by atoms with E-state index in [1.165, 1.54) is 6.42 Å². The van der Waals surface area contributed by atoms with Crippen molar-refractivity contribution in [2.75, 3.05) is 5.73 Å². The number of hydrogen-bond acceptors (Lipinski definition) is 2. The number of nitrogen functional groups attached to an aromatic ring is 1. The number of hydrogen-bond donors (Lipinski definition) is 2. The topological polar surface area (TPSA) is 55.1 Å². The summed E-state index contributed by atoms with van der Waals surface area (Å²) < 4.78 is 0. The van der Waals surface area contributed by atoms with E-state index in [4.69, 9.17) is 5.73 Å². The molecule has 3 unspecified atom stereocenters. The summed E-state index contributed by atoms with van der Waals surface area (Å²) >= 11 is 0. The molecule has 0 aromatic heterocycles. The van der Waals surface area contributed by atoms with Gasteiger partial charge in [0.2, 0.25) is 0 Å². The smallest absolute Gasteiger partial charge is 0.251 e. The van der Waals surface area contributed by atoms with Crippen LogP contribution in [-0.2, 0) is 0 Å². The van der Waals surface area contributed by atoms with E-state index in [1.54, 1.807) is 6.07 Å². The van der Waals surface area contributed by atoms with E-state index in [2.05, 4.69) is 19.2 Å². The van der Waals surface area contributed by atoms with E-state index < -0.39 is 0 Å². The fourth-order valence-corrected chi connectivity index (χ4v) is 2.83. The van der Waals surface area contributed by atoms with Gasteiger partial charge < -0.3 is 11.1 Å². The number of rotatable bonds is 2. The van der Waals surface area contributed by atoms with Crippen molar-refractivity contribution in [1.82, 2.24) is 5.32 Å². The molecule has 1 aromatic carbocycles. The molecule has 0 bridgehead atoms. The highest BCUT2D eigenvalue weighted by Crippen LogP contribution is 2.29.